The lowest BCUT2D eigenvalue weighted by Gasteiger charge is -2.16. The molecule has 2 N–H and O–H groups in total. The maximum absolute atomic E-state index is 12.1. The first-order valence-electron chi connectivity index (χ1n) is 6.01. The Morgan fingerprint density at radius 2 is 2.16 bits per heavy atom. The van der Waals surface area contributed by atoms with Crippen molar-refractivity contribution in [3.63, 3.8) is 0 Å². The van der Waals surface area contributed by atoms with E-state index in [-0.39, 0.29) is 23.8 Å². The summed E-state index contributed by atoms with van der Waals surface area (Å²) >= 11 is 1.42. The normalized spacial score (nSPS) is 11.9. The molecule has 0 aliphatic heterocycles. The van der Waals surface area contributed by atoms with Gasteiger partial charge in [-0.2, -0.15) is 0 Å². The molecule has 0 aliphatic carbocycles. The SMILES string of the molecule is CC(C)(C)c1csc2nc(CCC(=O)O)[nH]c(=O)c12. The Hall–Kier alpha value is -1.69. The molecule has 102 valence electrons. The van der Waals surface area contributed by atoms with Crippen molar-refractivity contribution in [2.75, 3.05) is 0 Å². The van der Waals surface area contributed by atoms with Gasteiger partial charge in [0.2, 0.25) is 0 Å². The average molecular weight is 280 g/mol. The van der Waals surface area contributed by atoms with Gasteiger partial charge in [0.05, 0.1) is 11.8 Å². The van der Waals surface area contributed by atoms with E-state index in [4.69, 9.17) is 5.11 Å². The molecular weight excluding hydrogens is 264 g/mol. The van der Waals surface area contributed by atoms with Crippen LogP contribution in [0.4, 0.5) is 0 Å². The third-order valence-electron chi connectivity index (χ3n) is 2.88. The number of carbonyl (C=O) groups is 1. The van der Waals surface area contributed by atoms with Crippen LogP contribution in [0, 0.1) is 0 Å². The van der Waals surface area contributed by atoms with Gasteiger partial charge in [-0.05, 0) is 16.4 Å². The molecule has 0 unspecified atom stereocenters. The van der Waals surface area contributed by atoms with Crippen molar-refractivity contribution < 1.29 is 9.90 Å². The quantitative estimate of drug-likeness (QED) is 0.903. The van der Waals surface area contributed by atoms with Gasteiger partial charge >= 0.3 is 5.97 Å². The number of aliphatic carboxylic acids is 1. The zero-order chi connectivity index (χ0) is 14.2. The summed E-state index contributed by atoms with van der Waals surface area (Å²) in [5.41, 5.74) is 0.679. The molecule has 0 radical (unpaired) electrons. The predicted molar refractivity (Wildman–Crippen MR) is 74.9 cm³/mol. The smallest absolute Gasteiger partial charge is 0.303 e. The summed E-state index contributed by atoms with van der Waals surface area (Å²) in [6, 6.07) is 0. The molecule has 0 saturated heterocycles. The van der Waals surface area contributed by atoms with Crippen LogP contribution >= 0.6 is 11.3 Å². The Morgan fingerprint density at radius 1 is 1.47 bits per heavy atom. The highest BCUT2D eigenvalue weighted by atomic mass is 32.1. The molecule has 2 heterocycles. The third kappa shape index (κ3) is 2.84. The number of nitrogens with zero attached hydrogens (tertiary/aromatic N) is 1. The van der Waals surface area contributed by atoms with Crippen LogP contribution in [0.15, 0.2) is 10.2 Å². The standard InChI is InChI=1S/C13H16N2O3S/c1-13(2,3)7-6-19-12-10(7)11(18)14-8(15-12)4-5-9(16)17/h6H,4-5H2,1-3H3,(H,16,17)(H,14,15,18). The van der Waals surface area contributed by atoms with Crippen LogP contribution in [0.1, 0.15) is 38.6 Å². The number of thiophene rings is 1. The fourth-order valence-corrected chi connectivity index (χ4v) is 3.07. The van der Waals surface area contributed by atoms with Crippen molar-refractivity contribution in [3.05, 3.63) is 27.1 Å². The van der Waals surface area contributed by atoms with Gasteiger partial charge in [-0.3, -0.25) is 9.59 Å². The molecule has 6 heteroatoms. The molecule has 0 aromatic carbocycles. The number of carboxylic acid groups (broad SMARTS) is 1. The van der Waals surface area contributed by atoms with Crippen molar-refractivity contribution >= 4 is 27.5 Å². The van der Waals surface area contributed by atoms with E-state index < -0.39 is 5.97 Å². The largest absolute Gasteiger partial charge is 0.481 e. The van der Waals surface area contributed by atoms with E-state index in [1.165, 1.54) is 11.3 Å². The van der Waals surface area contributed by atoms with Gasteiger partial charge in [-0.25, -0.2) is 4.98 Å². The number of H-pyrrole nitrogens is 1. The molecule has 2 rings (SSSR count). The summed E-state index contributed by atoms with van der Waals surface area (Å²) in [4.78, 5) is 30.4. The van der Waals surface area contributed by atoms with Crippen LogP contribution in [-0.4, -0.2) is 21.0 Å². The summed E-state index contributed by atoms with van der Waals surface area (Å²) in [7, 11) is 0. The van der Waals surface area contributed by atoms with Gasteiger partial charge in [-0.15, -0.1) is 11.3 Å². The van der Waals surface area contributed by atoms with Gasteiger partial charge in [-0.1, -0.05) is 20.8 Å². The molecule has 2 aromatic rings. The van der Waals surface area contributed by atoms with Gasteiger partial charge in [0.15, 0.2) is 0 Å². The lowest BCUT2D eigenvalue weighted by Crippen LogP contribution is -2.17. The second-order valence-electron chi connectivity index (χ2n) is 5.49. The van der Waals surface area contributed by atoms with Crippen LogP contribution in [0.2, 0.25) is 0 Å². The van der Waals surface area contributed by atoms with Crippen LogP contribution in [0.25, 0.3) is 10.2 Å². The van der Waals surface area contributed by atoms with E-state index in [2.05, 4.69) is 9.97 Å². The molecule has 5 nitrogen and oxygen atoms in total. The van der Waals surface area contributed by atoms with Crippen LogP contribution < -0.4 is 5.56 Å². The number of aromatic amines is 1. The Kier molecular flexibility index (Phi) is 3.45. The number of aryl methyl sites for hydroxylation is 1. The fraction of sp³-hybridized carbons (Fsp3) is 0.462. The highest BCUT2D eigenvalue weighted by Crippen LogP contribution is 2.31. The Bertz CT molecular complexity index is 679. The lowest BCUT2D eigenvalue weighted by atomic mass is 9.87. The highest BCUT2D eigenvalue weighted by Gasteiger charge is 2.21. The lowest BCUT2D eigenvalue weighted by molar-refractivity contribution is -0.137. The summed E-state index contributed by atoms with van der Waals surface area (Å²) in [5.74, 6) is -0.466. The summed E-state index contributed by atoms with van der Waals surface area (Å²) < 4.78 is 0. The highest BCUT2D eigenvalue weighted by molar-refractivity contribution is 7.16. The maximum Gasteiger partial charge on any atom is 0.303 e. The number of nitrogens with one attached hydrogen (secondary N) is 1. The van der Waals surface area contributed by atoms with Crippen molar-refractivity contribution in [2.24, 2.45) is 0 Å². The molecular formula is C13H16N2O3S. The Morgan fingerprint density at radius 3 is 2.74 bits per heavy atom. The molecule has 0 bridgehead atoms. The predicted octanol–water partition coefficient (Wildman–Crippen LogP) is 2.30. The van der Waals surface area contributed by atoms with Gasteiger partial charge in [0.1, 0.15) is 10.7 Å². The molecule has 0 fully saturated rings. The Balaban J connectivity index is 2.49. The monoisotopic (exact) mass is 280 g/mol. The minimum atomic E-state index is -0.899. The van der Waals surface area contributed by atoms with Crippen molar-refractivity contribution in [2.45, 2.75) is 39.0 Å². The van der Waals surface area contributed by atoms with Gasteiger partial charge in [0.25, 0.3) is 5.56 Å². The van der Waals surface area contributed by atoms with Crippen molar-refractivity contribution in [3.8, 4) is 0 Å². The molecule has 2 aromatic heterocycles. The summed E-state index contributed by atoms with van der Waals surface area (Å²) in [6.45, 7) is 6.14. The average Bonchev–Trinajstić information content (AvgIpc) is 2.70. The first-order valence-corrected chi connectivity index (χ1v) is 6.89. The molecule has 0 amide bonds. The van der Waals surface area contributed by atoms with E-state index in [1.807, 2.05) is 26.2 Å². The molecule has 0 atom stereocenters. The van der Waals surface area contributed by atoms with Crippen LogP contribution in [0.5, 0.6) is 0 Å². The second-order valence-corrected chi connectivity index (χ2v) is 6.34. The first kappa shape index (κ1) is 13.7. The zero-order valence-corrected chi connectivity index (χ0v) is 11.9. The molecule has 0 spiro atoms. The number of hydrogen-bond donors (Lipinski definition) is 2. The molecule has 19 heavy (non-hydrogen) atoms. The van der Waals surface area contributed by atoms with Crippen LogP contribution in [0.3, 0.4) is 0 Å². The number of rotatable bonds is 3. The molecule has 0 saturated carbocycles. The van der Waals surface area contributed by atoms with E-state index in [9.17, 15) is 9.59 Å². The third-order valence-corrected chi connectivity index (χ3v) is 3.75. The fourth-order valence-electron chi connectivity index (χ4n) is 1.89. The number of aromatic nitrogens is 2. The van der Waals surface area contributed by atoms with Crippen LogP contribution in [-0.2, 0) is 16.6 Å². The van der Waals surface area contributed by atoms with Gasteiger partial charge in [0, 0.05) is 6.42 Å². The zero-order valence-electron chi connectivity index (χ0n) is 11.1. The first-order chi connectivity index (χ1) is 8.79. The second kappa shape index (κ2) is 4.77. The van der Waals surface area contributed by atoms with Crippen molar-refractivity contribution in [1.82, 2.24) is 9.97 Å². The van der Waals surface area contributed by atoms with E-state index in [0.29, 0.717) is 16.0 Å². The Labute approximate surface area is 114 Å². The summed E-state index contributed by atoms with van der Waals surface area (Å²) in [6.07, 6.45) is 0.204. The number of carboxylic acids is 1. The van der Waals surface area contributed by atoms with Gasteiger partial charge < -0.3 is 10.1 Å². The summed E-state index contributed by atoms with van der Waals surface area (Å²) in [5, 5.41) is 11.2. The topological polar surface area (TPSA) is 83.0 Å². The van der Waals surface area contributed by atoms with E-state index in [1.54, 1.807) is 0 Å². The maximum atomic E-state index is 12.1. The minimum absolute atomic E-state index is 0.0358. The number of hydrogen-bond acceptors (Lipinski definition) is 4. The number of fused-ring (bicyclic) bond motifs is 1. The van der Waals surface area contributed by atoms with E-state index in [0.717, 1.165) is 5.56 Å². The van der Waals surface area contributed by atoms with E-state index >= 15 is 0 Å². The minimum Gasteiger partial charge on any atom is -0.481 e. The molecule has 0 aliphatic rings. The van der Waals surface area contributed by atoms with Crippen molar-refractivity contribution in [1.29, 1.82) is 0 Å².